The lowest BCUT2D eigenvalue weighted by atomic mass is 9.84. The number of carbonyl (C=O) groups excluding carboxylic acids is 2. The van der Waals surface area contributed by atoms with E-state index in [1.807, 2.05) is 42.5 Å². The molecule has 30 heavy (non-hydrogen) atoms. The number of hydrogen-bond donors (Lipinski definition) is 2. The van der Waals surface area contributed by atoms with E-state index in [2.05, 4.69) is 22.8 Å². The van der Waals surface area contributed by atoms with Gasteiger partial charge in [0.1, 0.15) is 5.75 Å². The highest BCUT2D eigenvalue weighted by Gasteiger charge is 2.35. The van der Waals surface area contributed by atoms with E-state index in [-0.39, 0.29) is 23.8 Å². The fourth-order valence-corrected chi connectivity index (χ4v) is 4.07. The molecule has 2 atom stereocenters. The molecule has 4 rings (SSSR count). The Morgan fingerprint density at radius 2 is 1.77 bits per heavy atom. The number of nitrogens with zero attached hydrogens (tertiary/aromatic N) is 1. The Bertz CT molecular complexity index is 882. The van der Waals surface area contributed by atoms with Gasteiger partial charge in [-0.15, -0.1) is 0 Å². The molecule has 2 N–H and O–H groups in total. The Kier molecular flexibility index (Phi) is 6.21. The van der Waals surface area contributed by atoms with E-state index in [1.165, 1.54) is 12.8 Å². The zero-order valence-electron chi connectivity index (χ0n) is 17.3. The van der Waals surface area contributed by atoms with Crippen LogP contribution in [0.25, 0.3) is 0 Å². The number of nitrogens with one attached hydrogen (secondary N) is 2. The zero-order valence-corrected chi connectivity index (χ0v) is 17.3. The Balaban J connectivity index is 1.49. The van der Waals surface area contributed by atoms with Crippen molar-refractivity contribution in [3.8, 4) is 5.75 Å². The van der Waals surface area contributed by atoms with Gasteiger partial charge in [-0.05, 0) is 42.9 Å². The third kappa shape index (κ3) is 4.93. The van der Waals surface area contributed by atoms with Gasteiger partial charge in [0.2, 0.25) is 5.91 Å². The Morgan fingerprint density at radius 1 is 1.03 bits per heavy atom. The number of urea groups is 1. The largest absolute Gasteiger partial charge is 0.495 e. The summed E-state index contributed by atoms with van der Waals surface area (Å²) in [5, 5.41) is 6.05. The summed E-state index contributed by atoms with van der Waals surface area (Å²) in [6.45, 7) is 1.75. The monoisotopic (exact) mass is 407 g/mol. The molecule has 158 valence electrons. The maximum Gasteiger partial charge on any atom is 0.321 e. The summed E-state index contributed by atoms with van der Waals surface area (Å²) in [5.74, 6) is 1.21. The fraction of sp³-hybridized carbons (Fsp3) is 0.417. The number of benzene rings is 2. The van der Waals surface area contributed by atoms with E-state index >= 15 is 0 Å². The van der Waals surface area contributed by atoms with Gasteiger partial charge >= 0.3 is 6.03 Å². The van der Waals surface area contributed by atoms with Crippen LogP contribution in [0.2, 0.25) is 0 Å². The maximum atomic E-state index is 13.1. The first-order valence-electron chi connectivity index (χ1n) is 10.7. The summed E-state index contributed by atoms with van der Waals surface area (Å²) in [6.07, 6.45) is 3.15. The number of methoxy groups -OCH3 is 1. The highest BCUT2D eigenvalue weighted by molar-refractivity contribution is 5.91. The second kappa shape index (κ2) is 9.20. The Labute approximate surface area is 177 Å². The van der Waals surface area contributed by atoms with Crippen LogP contribution in [0.15, 0.2) is 54.6 Å². The van der Waals surface area contributed by atoms with E-state index in [0.29, 0.717) is 30.4 Å². The van der Waals surface area contributed by atoms with Crippen LogP contribution in [-0.2, 0) is 4.79 Å². The Hall–Kier alpha value is -3.02. The van der Waals surface area contributed by atoms with Gasteiger partial charge in [0.25, 0.3) is 0 Å². The number of rotatable bonds is 6. The lowest BCUT2D eigenvalue weighted by Gasteiger charge is -2.37. The molecule has 2 aromatic rings. The molecule has 1 heterocycles. The standard InChI is InChI=1S/C24H29N3O3/c1-30-22-10-6-5-9-21(22)26-24(29)27-15-19(18-7-3-2-4-8-18)13-20(16-27)23(28)25-14-17-11-12-17/h2-10,17,19-20H,11-16H2,1H3,(H,25,28)(H,26,29). The smallest absolute Gasteiger partial charge is 0.321 e. The second-order valence-electron chi connectivity index (χ2n) is 8.26. The van der Waals surface area contributed by atoms with Crippen molar-refractivity contribution in [2.75, 3.05) is 32.1 Å². The van der Waals surface area contributed by atoms with Gasteiger partial charge in [-0.2, -0.15) is 0 Å². The van der Waals surface area contributed by atoms with Crippen LogP contribution in [0.3, 0.4) is 0 Å². The van der Waals surface area contributed by atoms with Crippen molar-refractivity contribution in [3.63, 3.8) is 0 Å². The predicted molar refractivity (Wildman–Crippen MR) is 117 cm³/mol. The average Bonchev–Trinajstić information content (AvgIpc) is 3.62. The predicted octanol–water partition coefficient (Wildman–Crippen LogP) is 3.86. The minimum absolute atomic E-state index is 0.0534. The fourth-order valence-electron chi connectivity index (χ4n) is 4.07. The molecular formula is C24H29N3O3. The highest BCUT2D eigenvalue weighted by atomic mass is 16.5. The maximum absolute atomic E-state index is 13.1. The first kappa shape index (κ1) is 20.3. The molecule has 6 nitrogen and oxygen atoms in total. The van der Waals surface area contributed by atoms with E-state index in [9.17, 15) is 9.59 Å². The molecule has 1 aliphatic heterocycles. The van der Waals surface area contributed by atoms with Crippen molar-refractivity contribution in [2.24, 2.45) is 11.8 Å². The van der Waals surface area contributed by atoms with Crippen LogP contribution in [0, 0.1) is 11.8 Å². The summed E-state index contributed by atoms with van der Waals surface area (Å²) in [6, 6.07) is 17.3. The second-order valence-corrected chi connectivity index (χ2v) is 8.26. The molecule has 0 aromatic heterocycles. The van der Waals surface area contributed by atoms with Gasteiger partial charge in [-0.1, -0.05) is 42.5 Å². The van der Waals surface area contributed by atoms with Crippen LogP contribution in [-0.4, -0.2) is 43.6 Å². The molecule has 6 heteroatoms. The van der Waals surface area contributed by atoms with E-state index in [1.54, 1.807) is 12.0 Å². The number of carbonyl (C=O) groups is 2. The van der Waals surface area contributed by atoms with Crippen molar-refractivity contribution >= 4 is 17.6 Å². The summed E-state index contributed by atoms with van der Waals surface area (Å²) < 4.78 is 5.35. The lowest BCUT2D eigenvalue weighted by molar-refractivity contribution is -0.126. The number of amides is 3. The number of hydrogen-bond acceptors (Lipinski definition) is 3. The molecule has 2 aromatic carbocycles. The summed E-state index contributed by atoms with van der Waals surface area (Å²) >= 11 is 0. The van der Waals surface area contributed by atoms with Gasteiger partial charge in [-0.3, -0.25) is 4.79 Å². The van der Waals surface area contributed by atoms with Gasteiger partial charge in [0.15, 0.2) is 0 Å². The molecule has 2 fully saturated rings. The first-order chi connectivity index (χ1) is 14.6. The van der Waals surface area contributed by atoms with Crippen LogP contribution in [0.4, 0.5) is 10.5 Å². The SMILES string of the molecule is COc1ccccc1NC(=O)N1CC(C(=O)NCC2CC2)CC(c2ccccc2)C1. The normalized spacial score (nSPS) is 21.0. The first-order valence-corrected chi connectivity index (χ1v) is 10.7. The minimum Gasteiger partial charge on any atom is -0.495 e. The third-order valence-corrected chi connectivity index (χ3v) is 5.99. The summed E-state index contributed by atoms with van der Waals surface area (Å²) in [5.41, 5.74) is 1.79. The molecule has 0 bridgehead atoms. The Morgan fingerprint density at radius 3 is 2.50 bits per heavy atom. The number of ether oxygens (including phenoxy) is 1. The van der Waals surface area contributed by atoms with Crippen LogP contribution in [0.1, 0.15) is 30.7 Å². The van der Waals surface area contributed by atoms with E-state index in [0.717, 1.165) is 18.5 Å². The van der Waals surface area contributed by atoms with Crippen molar-refractivity contribution in [2.45, 2.75) is 25.2 Å². The highest BCUT2D eigenvalue weighted by Crippen LogP contribution is 2.32. The molecule has 2 unspecified atom stereocenters. The van der Waals surface area contributed by atoms with Gasteiger partial charge in [-0.25, -0.2) is 4.79 Å². The summed E-state index contributed by atoms with van der Waals surface area (Å²) in [4.78, 5) is 27.7. The van der Waals surface area contributed by atoms with E-state index in [4.69, 9.17) is 4.74 Å². The van der Waals surface area contributed by atoms with Gasteiger partial charge in [0, 0.05) is 25.6 Å². The molecule has 1 aliphatic carbocycles. The van der Waals surface area contributed by atoms with Gasteiger partial charge in [0.05, 0.1) is 18.7 Å². The van der Waals surface area contributed by atoms with Crippen molar-refractivity contribution in [1.82, 2.24) is 10.2 Å². The zero-order chi connectivity index (χ0) is 20.9. The minimum atomic E-state index is -0.217. The molecule has 1 saturated carbocycles. The topological polar surface area (TPSA) is 70.7 Å². The van der Waals surface area contributed by atoms with Crippen molar-refractivity contribution < 1.29 is 14.3 Å². The molecular weight excluding hydrogens is 378 g/mol. The molecule has 2 aliphatic rings. The van der Waals surface area contributed by atoms with Crippen molar-refractivity contribution in [1.29, 1.82) is 0 Å². The van der Waals surface area contributed by atoms with Gasteiger partial charge < -0.3 is 20.3 Å². The molecule has 1 saturated heterocycles. The molecule has 3 amide bonds. The number of piperidine rings is 1. The van der Waals surface area contributed by atoms with E-state index < -0.39 is 0 Å². The number of likely N-dealkylation sites (tertiary alicyclic amines) is 1. The molecule has 0 spiro atoms. The molecule has 0 radical (unpaired) electrons. The van der Waals surface area contributed by atoms with Crippen LogP contribution >= 0.6 is 0 Å². The van der Waals surface area contributed by atoms with Crippen LogP contribution in [0.5, 0.6) is 5.75 Å². The van der Waals surface area contributed by atoms with Crippen LogP contribution < -0.4 is 15.4 Å². The number of para-hydroxylation sites is 2. The quantitative estimate of drug-likeness (QED) is 0.764. The number of anilines is 1. The lowest BCUT2D eigenvalue weighted by Crippen LogP contribution is -2.49. The third-order valence-electron chi connectivity index (χ3n) is 5.99. The summed E-state index contributed by atoms with van der Waals surface area (Å²) in [7, 11) is 1.58. The average molecular weight is 408 g/mol. The van der Waals surface area contributed by atoms with Crippen molar-refractivity contribution in [3.05, 3.63) is 60.2 Å².